The molecule has 0 bridgehead atoms. The molecule has 19 heavy (non-hydrogen) atoms. The fourth-order valence-corrected chi connectivity index (χ4v) is 1.95. The van der Waals surface area contributed by atoms with Gasteiger partial charge in [0, 0.05) is 21.8 Å². The van der Waals surface area contributed by atoms with E-state index in [4.69, 9.17) is 17.3 Å². The van der Waals surface area contributed by atoms with Crippen molar-refractivity contribution in [2.75, 3.05) is 5.73 Å². The number of anilines is 1. The first-order chi connectivity index (χ1) is 9.24. The second-order valence-corrected chi connectivity index (χ2v) is 4.54. The molecule has 0 atom stereocenters. The number of benzene rings is 2. The van der Waals surface area contributed by atoms with Gasteiger partial charge in [-0.25, -0.2) is 4.98 Å². The molecule has 3 aromatic rings. The van der Waals surface area contributed by atoms with Gasteiger partial charge in [0.1, 0.15) is 0 Å². The third-order valence-electron chi connectivity index (χ3n) is 2.80. The molecule has 2 aromatic carbocycles. The minimum atomic E-state index is 0.620. The number of nitrogens with one attached hydrogen (secondary N) is 1. The maximum atomic E-state index is 5.92. The van der Waals surface area contributed by atoms with E-state index in [0.29, 0.717) is 22.4 Å². The lowest BCUT2D eigenvalue weighted by Crippen LogP contribution is -1.90. The second kappa shape index (κ2) is 4.74. The van der Waals surface area contributed by atoms with E-state index >= 15 is 0 Å². The number of aromatic amines is 1. The fourth-order valence-electron chi connectivity index (χ4n) is 1.82. The summed E-state index contributed by atoms with van der Waals surface area (Å²) in [7, 11) is 0. The van der Waals surface area contributed by atoms with Gasteiger partial charge in [-0.15, -0.1) is 0 Å². The van der Waals surface area contributed by atoms with Crippen LogP contribution in [0, 0.1) is 0 Å². The Morgan fingerprint density at radius 3 is 2.47 bits per heavy atom. The van der Waals surface area contributed by atoms with E-state index in [1.54, 1.807) is 0 Å². The molecule has 0 amide bonds. The Morgan fingerprint density at radius 2 is 1.74 bits per heavy atom. The van der Waals surface area contributed by atoms with E-state index in [2.05, 4.69) is 15.2 Å². The second-order valence-electron chi connectivity index (χ2n) is 4.10. The summed E-state index contributed by atoms with van der Waals surface area (Å²) in [6, 6.07) is 14.9. The molecule has 3 N–H and O–H groups in total. The molecule has 0 radical (unpaired) electrons. The van der Waals surface area contributed by atoms with Crippen molar-refractivity contribution in [2.24, 2.45) is 0 Å². The summed E-state index contributed by atoms with van der Waals surface area (Å²) in [5.41, 5.74) is 8.33. The van der Waals surface area contributed by atoms with Crippen molar-refractivity contribution in [1.29, 1.82) is 0 Å². The molecular formula is C14H11ClN4. The quantitative estimate of drug-likeness (QED) is 0.702. The Bertz CT molecular complexity index is 703. The molecule has 0 unspecified atom stereocenters. The van der Waals surface area contributed by atoms with Crippen LogP contribution in [0.4, 0.5) is 5.69 Å². The molecule has 1 heterocycles. The maximum Gasteiger partial charge on any atom is 0.181 e. The molecule has 4 nitrogen and oxygen atoms in total. The number of para-hydroxylation sites is 1. The van der Waals surface area contributed by atoms with Crippen molar-refractivity contribution in [1.82, 2.24) is 15.2 Å². The van der Waals surface area contributed by atoms with Gasteiger partial charge in [0.05, 0.1) is 0 Å². The zero-order valence-corrected chi connectivity index (χ0v) is 10.7. The number of halogens is 1. The summed E-state index contributed by atoms with van der Waals surface area (Å²) >= 11 is 5.86. The van der Waals surface area contributed by atoms with Gasteiger partial charge in [-0.05, 0) is 36.4 Å². The van der Waals surface area contributed by atoms with Crippen LogP contribution in [0.5, 0.6) is 0 Å². The lowest BCUT2D eigenvalue weighted by Gasteiger charge is -1.99. The van der Waals surface area contributed by atoms with E-state index in [1.165, 1.54) is 0 Å². The van der Waals surface area contributed by atoms with Gasteiger partial charge < -0.3 is 5.73 Å². The topological polar surface area (TPSA) is 67.6 Å². The van der Waals surface area contributed by atoms with Crippen LogP contribution in [-0.4, -0.2) is 15.2 Å². The van der Waals surface area contributed by atoms with Crippen LogP contribution in [-0.2, 0) is 0 Å². The van der Waals surface area contributed by atoms with Crippen molar-refractivity contribution in [3.8, 4) is 22.8 Å². The monoisotopic (exact) mass is 270 g/mol. The number of hydrogen-bond donors (Lipinski definition) is 2. The summed E-state index contributed by atoms with van der Waals surface area (Å²) < 4.78 is 0. The summed E-state index contributed by atoms with van der Waals surface area (Å²) in [5, 5.41) is 7.79. The van der Waals surface area contributed by atoms with Crippen LogP contribution in [0.3, 0.4) is 0 Å². The average molecular weight is 271 g/mol. The van der Waals surface area contributed by atoms with Crippen molar-refractivity contribution in [2.45, 2.75) is 0 Å². The summed E-state index contributed by atoms with van der Waals surface area (Å²) in [5.74, 6) is 1.28. The third-order valence-corrected chi connectivity index (χ3v) is 3.06. The Balaban J connectivity index is 2.00. The standard InChI is InChI=1S/C14H11ClN4/c15-10-7-5-9(6-8-10)13-17-14(19-18-13)11-3-1-2-4-12(11)16/h1-8H,16H2,(H,17,18,19). The lowest BCUT2D eigenvalue weighted by molar-refractivity contribution is 1.10. The van der Waals surface area contributed by atoms with Crippen molar-refractivity contribution in [3.05, 3.63) is 53.6 Å². The fraction of sp³-hybridized carbons (Fsp3) is 0. The molecule has 1 aromatic heterocycles. The van der Waals surface area contributed by atoms with Gasteiger partial charge in [0.15, 0.2) is 11.6 Å². The maximum absolute atomic E-state index is 5.92. The molecule has 0 spiro atoms. The number of nitrogen functional groups attached to an aromatic ring is 1. The molecule has 0 fully saturated rings. The average Bonchev–Trinajstić information content (AvgIpc) is 2.89. The van der Waals surface area contributed by atoms with E-state index in [9.17, 15) is 0 Å². The molecule has 0 saturated heterocycles. The highest BCUT2D eigenvalue weighted by molar-refractivity contribution is 6.30. The summed E-state index contributed by atoms with van der Waals surface area (Å²) in [4.78, 5) is 4.45. The van der Waals surface area contributed by atoms with Gasteiger partial charge >= 0.3 is 0 Å². The van der Waals surface area contributed by atoms with Crippen molar-refractivity contribution >= 4 is 17.3 Å². The summed E-state index contributed by atoms with van der Waals surface area (Å²) in [6.45, 7) is 0. The van der Waals surface area contributed by atoms with E-state index in [1.807, 2.05) is 48.5 Å². The molecule has 3 rings (SSSR count). The van der Waals surface area contributed by atoms with Crippen LogP contribution in [0.1, 0.15) is 0 Å². The molecule has 94 valence electrons. The van der Waals surface area contributed by atoms with Crippen LogP contribution in [0.15, 0.2) is 48.5 Å². The van der Waals surface area contributed by atoms with Gasteiger partial charge in [-0.3, -0.25) is 5.10 Å². The zero-order valence-electron chi connectivity index (χ0n) is 9.97. The first-order valence-electron chi connectivity index (χ1n) is 5.77. The number of nitrogens with zero attached hydrogens (tertiary/aromatic N) is 2. The number of H-pyrrole nitrogens is 1. The highest BCUT2D eigenvalue weighted by Gasteiger charge is 2.09. The molecule has 0 aliphatic carbocycles. The Hall–Kier alpha value is -2.33. The normalized spacial score (nSPS) is 10.6. The Kier molecular flexibility index (Phi) is 2.93. The Morgan fingerprint density at radius 1 is 1.00 bits per heavy atom. The van der Waals surface area contributed by atoms with Gasteiger partial charge in [0.25, 0.3) is 0 Å². The van der Waals surface area contributed by atoms with E-state index in [-0.39, 0.29) is 0 Å². The van der Waals surface area contributed by atoms with Crippen molar-refractivity contribution < 1.29 is 0 Å². The molecular weight excluding hydrogens is 260 g/mol. The van der Waals surface area contributed by atoms with Crippen LogP contribution < -0.4 is 5.73 Å². The zero-order chi connectivity index (χ0) is 13.2. The van der Waals surface area contributed by atoms with Gasteiger partial charge in [-0.1, -0.05) is 23.7 Å². The van der Waals surface area contributed by atoms with Crippen LogP contribution in [0.2, 0.25) is 5.02 Å². The number of nitrogens with two attached hydrogens (primary N) is 1. The predicted octanol–water partition coefficient (Wildman–Crippen LogP) is 3.37. The summed E-state index contributed by atoms with van der Waals surface area (Å²) in [6.07, 6.45) is 0. The minimum Gasteiger partial charge on any atom is -0.398 e. The molecule has 5 heteroatoms. The van der Waals surface area contributed by atoms with Crippen LogP contribution >= 0.6 is 11.6 Å². The predicted molar refractivity (Wildman–Crippen MR) is 76.7 cm³/mol. The Labute approximate surface area is 115 Å². The number of aromatic nitrogens is 3. The smallest absolute Gasteiger partial charge is 0.181 e. The highest BCUT2D eigenvalue weighted by atomic mass is 35.5. The number of rotatable bonds is 2. The van der Waals surface area contributed by atoms with E-state index < -0.39 is 0 Å². The van der Waals surface area contributed by atoms with Crippen molar-refractivity contribution in [3.63, 3.8) is 0 Å². The van der Waals surface area contributed by atoms with Gasteiger partial charge in [-0.2, -0.15) is 5.10 Å². The third kappa shape index (κ3) is 2.30. The lowest BCUT2D eigenvalue weighted by atomic mass is 10.1. The SMILES string of the molecule is Nc1ccccc1-c1nc(-c2ccc(Cl)cc2)n[nH]1. The highest BCUT2D eigenvalue weighted by Crippen LogP contribution is 2.24. The molecule has 0 aliphatic heterocycles. The first-order valence-corrected chi connectivity index (χ1v) is 6.15. The molecule has 0 aliphatic rings. The molecule has 0 saturated carbocycles. The van der Waals surface area contributed by atoms with Gasteiger partial charge in [0.2, 0.25) is 0 Å². The largest absolute Gasteiger partial charge is 0.398 e. The minimum absolute atomic E-state index is 0.620. The van der Waals surface area contributed by atoms with Crippen LogP contribution in [0.25, 0.3) is 22.8 Å². The number of hydrogen-bond acceptors (Lipinski definition) is 3. The first kappa shape index (κ1) is 11.7. The van der Waals surface area contributed by atoms with E-state index in [0.717, 1.165) is 11.1 Å².